The van der Waals surface area contributed by atoms with E-state index in [4.69, 9.17) is 0 Å². The second kappa shape index (κ2) is 12.1. The molecular formula is C29H33NS2. The molecule has 32 heavy (non-hydrogen) atoms. The second-order valence-corrected chi connectivity index (χ2v) is 10.7. The van der Waals surface area contributed by atoms with Crippen LogP contribution >= 0.6 is 23.1 Å². The molecule has 0 unspecified atom stereocenters. The molecule has 1 heterocycles. The van der Waals surface area contributed by atoms with Gasteiger partial charge < -0.3 is 0 Å². The largest absolute Gasteiger partial charge is 0.296 e. The van der Waals surface area contributed by atoms with Crippen molar-refractivity contribution in [2.24, 2.45) is 5.41 Å². The van der Waals surface area contributed by atoms with Crippen molar-refractivity contribution in [2.45, 2.75) is 44.9 Å². The predicted molar refractivity (Wildman–Crippen MR) is 143 cm³/mol. The van der Waals surface area contributed by atoms with Gasteiger partial charge in [-0.25, -0.2) is 0 Å². The minimum Gasteiger partial charge on any atom is -0.296 e. The van der Waals surface area contributed by atoms with Crippen LogP contribution in [-0.2, 0) is 12.3 Å². The molecule has 166 valence electrons. The summed E-state index contributed by atoms with van der Waals surface area (Å²) in [5.74, 6) is 7.40. The Morgan fingerprint density at radius 3 is 2.56 bits per heavy atom. The van der Waals surface area contributed by atoms with Crippen molar-refractivity contribution in [1.29, 1.82) is 0 Å². The Morgan fingerprint density at radius 1 is 1.00 bits per heavy atom. The Morgan fingerprint density at radius 2 is 1.81 bits per heavy atom. The van der Waals surface area contributed by atoms with Crippen LogP contribution in [0.2, 0.25) is 0 Å². The molecule has 0 amide bonds. The lowest BCUT2D eigenvalue weighted by Gasteiger charge is -2.18. The van der Waals surface area contributed by atoms with E-state index in [0.29, 0.717) is 0 Å². The minimum absolute atomic E-state index is 0.0537. The summed E-state index contributed by atoms with van der Waals surface area (Å²) in [7, 11) is 0. The van der Waals surface area contributed by atoms with Crippen molar-refractivity contribution in [3.63, 3.8) is 0 Å². The normalized spacial score (nSPS) is 11.7. The van der Waals surface area contributed by atoms with Gasteiger partial charge in [0.15, 0.2) is 0 Å². The third-order valence-electron chi connectivity index (χ3n) is 4.95. The third kappa shape index (κ3) is 8.36. The van der Waals surface area contributed by atoms with Gasteiger partial charge in [-0.05, 0) is 84.6 Å². The van der Waals surface area contributed by atoms with Crippen molar-refractivity contribution >= 4 is 23.1 Å². The van der Waals surface area contributed by atoms with Gasteiger partial charge in [-0.3, -0.25) is 4.90 Å². The van der Waals surface area contributed by atoms with Crippen LogP contribution in [0.1, 0.15) is 38.8 Å². The number of allylic oxidation sites excluding steroid dienone is 1. The highest BCUT2D eigenvalue weighted by Gasteiger charge is 2.05. The highest BCUT2D eigenvalue weighted by atomic mass is 32.2. The molecule has 0 aliphatic carbocycles. The molecule has 0 aliphatic rings. The number of benzene rings is 2. The first-order valence-corrected chi connectivity index (χ1v) is 13.1. The van der Waals surface area contributed by atoms with Crippen molar-refractivity contribution < 1.29 is 0 Å². The average Bonchev–Trinajstić information content (AvgIpc) is 3.31. The average molecular weight is 460 g/mol. The molecule has 0 atom stereocenters. The summed E-state index contributed by atoms with van der Waals surface area (Å²) in [6.07, 6.45) is 4.16. The monoisotopic (exact) mass is 459 g/mol. The van der Waals surface area contributed by atoms with E-state index in [1.807, 2.05) is 17.8 Å². The summed E-state index contributed by atoms with van der Waals surface area (Å²) in [4.78, 5) is 3.76. The molecule has 3 aromatic rings. The molecule has 0 bridgehead atoms. The lowest BCUT2D eigenvalue weighted by atomic mass is 9.98. The van der Waals surface area contributed by atoms with Crippen LogP contribution in [0.5, 0.6) is 0 Å². The zero-order valence-corrected chi connectivity index (χ0v) is 21.2. The predicted octanol–water partition coefficient (Wildman–Crippen LogP) is 8.14. The topological polar surface area (TPSA) is 3.24 Å². The maximum atomic E-state index is 3.25. The molecule has 3 rings (SSSR count). The van der Waals surface area contributed by atoms with Crippen molar-refractivity contribution in [1.82, 2.24) is 4.90 Å². The molecule has 0 spiro atoms. The van der Waals surface area contributed by atoms with Crippen molar-refractivity contribution in [3.8, 4) is 23.0 Å². The molecule has 1 nitrogen and oxygen atoms in total. The van der Waals surface area contributed by atoms with E-state index < -0.39 is 0 Å². The minimum atomic E-state index is 0.0537. The lowest BCUT2D eigenvalue weighted by molar-refractivity contribution is 0.311. The lowest BCUT2D eigenvalue weighted by Crippen LogP contribution is -2.22. The van der Waals surface area contributed by atoms with E-state index in [2.05, 4.69) is 116 Å². The van der Waals surface area contributed by atoms with Crippen LogP contribution in [-0.4, -0.2) is 18.0 Å². The Balaban J connectivity index is 1.56. The highest BCUT2D eigenvalue weighted by molar-refractivity contribution is 7.98. The van der Waals surface area contributed by atoms with Gasteiger partial charge in [0.2, 0.25) is 0 Å². The summed E-state index contributed by atoms with van der Waals surface area (Å²) in [5.41, 5.74) is 5.38. The Kier molecular flexibility index (Phi) is 9.23. The highest BCUT2D eigenvalue weighted by Crippen LogP contribution is 2.28. The molecule has 0 aliphatic heterocycles. The van der Waals surface area contributed by atoms with E-state index >= 15 is 0 Å². The van der Waals surface area contributed by atoms with Crippen molar-refractivity contribution in [3.05, 3.63) is 88.6 Å². The number of likely N-dealkylation sites (N-methyl/N-ethyl adjacent to an activating group) is 1. The van der Waals surface area contributed by atoms with Crippen LogP contribution in [0.15, 0.2) is 82.4 Å². The zero-order chi connectivity index (χ0) is 22.8. The first-order valence-electron chi connectivity index (χ1n) is 11.2. The molecule has 0 fully saturated rings. The number of rotatable bonds is 9. The van der Waals surface area contributed by atoms with Crippen LogP contribution in [0.25, 0.3) is 11.1 Å². The molecule has 0 N–H and O–H groups in total. The number of hydrogen-bond donors (Lipinski definition) is 0. The summed E-state index contributed by atoms with van der Waals surface area (Å²) in [5, 5.41) is 4.35. The number of nitrogens with zero attached hydrogens (tertiary/aromatic N) is 1. The van der Waals surface area contributed by atoms with E-state index in [-0.39, 0.29) is 5.41 Å². The number of thioether (sulfide) groups is 1. The standard InChI is InChI=1S/C29H33NS2/c1-5-30(17-8-6-7-16-29(2,3)4)21-24-11-10-14-28(20-24)32-22-25-12-9-13-26(19-25)27-15-18-31-23-27/h6,8-15,18-20,23H,5,17,21-22H2,1-4H3/b8-6+. The van der Waals surface area contributed by atoms with Crippen LogP contribution in [0, 0.1) is 17.3 Å². The van der Waals surface area contributed by atoms with E-state index in [1.165, 1.54) is 27.1 Å². The van der Waals surface area contributed by atoms with E-state index in [1.54, 1.807) is 11.3 Å². The zero-order valence-electron chi connectivity index (χ0n) is 19.6. The summed E-state index contributed by atoms with van der Waals surface area (Å²) >= 11 is 3.65. The number of hydrogen-bond acceptors (Lipinski definition) is 3. The van der Waals surface area contributed by atoms with Gasteiger partial charge in [0.05, 0.1) is 0 Å². The van der Waals surface area contributed by atoms with Gasteiger partial charge in [-0.15, -0.1) is 11.8 Å². The van der Waals surface area contributed by atoms with Crippen LogP contribution in [0.3, 0.4) is 0 Å². The summed E-state index contributed by atoms with van der Waals surface area (Å²) in [6, 6.07) is 20.0. The molecule has 0 radical (unpaired) electrons. The third-order valence-corrected chi connectivity index (χ3v) is 6.70. The first kappa shape index (κ1) is 24.4. The summed E-state index contributed by atoms with van der Waals surface area (Å²) in [6.45, 7) is 11.5. The first-order chi connectivity index (χ1) is 15.4. The maximum Gasteiger partial charge on any atom is 0.0237 e. The van der Waals surface area contributed by atoms with Gasteiger partial charge in [0, 0.05) is 29.2 Å². The molecule has 2 aromatic carbocycles. The molecule has 1 aromatic heterocycles. The van der Waals surface area contributed by atoms with Gasteiger partial charge in [0.25, 0.3) is 0 Å². The molecule has 3 heteroatoms. The second-order valence-electron chi connectivity index (χ2n) is 8.90. The Bertz CT molecular complexity index is 1060. The van der Waals surface area contributed by atoms with Gasteiger partial charge in [-0.2, -0.15) is 11.3 Å². The van der Waals surface area contributed by atoms with Gasteiger partial charge in [-0.1, -0.05) is 61.2 Å². The van der Waals surface area contributed by atoms with Gasteiger partial charge in [0.1, 0.15) is 0 Å². The Labute approximate surface area is 202 Å². The molecule has 0 saturated carbocycles. The quantitative estimate of drug-likeness (QED) is 0.235. The SMILES string of the molecule is CCN(C/C=C/C#CC(C)(C)C)Cc1cccc(SCc2cccc(-c3ccsc3)c2)c1. The van der Waals surface area contributed by atoms with E-state index in [9.17, 15) is 0 Å². The Hall–Kier alpha value is -2.25. The smallest absolute Gasteiger partial charge is 0.0237 e. The van der Waals surface area contributed by atoms with E-state index in [0.717, 1.165) is 25.4 Å². The fourth-order valence-electron chi connectivity index (χ4n) is 3.25. The maximum absolute atomic E-state index is 3.25. The molecule has 0 saturated heterocycles. The fraction of sp³-hybridized carbons (Fsp3) is 0.310. The van der Waals surface area contributed by atoms with Crippen LogP contribution < -0.4 is 0 Å². The fourth-order valence-corrected chi connectivity index (χ4v) is 4.84. The van der Waals surface area contributed by atoms with Crippen LogP contribution in [0.4, 0.5) is 0 Å². The number of thiophene rings is 1. The van der Waals surface area contributed by atoms with Gasteiger partial charge >= 0.3 is 0 Å². The molecular weight excluding hydrogens is 426 g/mol. The summed E-state index contributed by atoms with van der Waals surface area (Å²) < 4.78 is 0. The van der Waals surface area contributed by atoms with Crippen molar-refractivity contribution in [2.75, 3.05) is 13.1 Å².